The van der Waals surface area contributed by atoms with E-state index in [9.17, 15) is 4.79 Å². The minimum atomic E-state index is -0.527. The fourth-order valence-corrected chi connectivity index (χ4v) is 3.35. The average molecular weight is 359 g/mol. The van der Waals surface area contributed by atoms with Crippen molar-refractivity contribution < 1.29 is 4.79 Å². The molecule has 0 unspecified atom stereocenters. The lowest BCUT2D eigenvalue weighted by Crippen LogP contribution is -2.31. The maximum atomic E-state index is 12.0. The Morgan fingerprint density at radius 3 is 2.52 bits per heavy atom. The minimum absolute atomic E-state index is 0. The summed E-state index contributed by atoms with van der Waals surface area (Å²) in [5, 5.41) is 1.15. The Balaban J connectivity index is 0.00000225. The molecule has 5 nitrogen and oxygen atoms in total. The summed E-state index contributed by atoms with van der Waals surface area (Å²) in [6, 6.07) is 9.08. The molecule has 2 aromatic heterocycles. The minimum Gasteiger partial charge on any atom is -0.351 e. The second-order valence-corrected chi connectivity index (χ2v) is 6.30. The van der Waals surface area contributed by atoms with Crippen molar-refractivity contribution in [2.75, 3.05) is 4.90 Å². The SMILES string of the molecule is Cc1c(C(C)C)c2cc(N(C(N)=O)c3cccnc3)ccc2n1C.Cl. The van der Waals surface area contributed by atoms with Crippen molar-refractivity contribution in [1.82, 2.24) is 9.55 Å². The van der Waals surface area contributed by atoms with Gasteiger partial charge in [-0.3, -0.25) is 9.88 Å². The molecule has 0 radical (unpaired) electrons. The molecule has 132 valence electrons. The summed E-state index contributed by atoms with van der Waals surface area (Å²) >= 11 is 0. The quantitative estimate of drug-likeness (QED) is 0.741. The molecule has 25 heavy (non-hydrogen) atoms. The monoisotopic (exact) mass is 358 g/mol. The van der Waals surface area contributed by atoms with E-state index < -0.39 is 6.03 Å². The number of carbonyl (C=O) groups is 1. The Kier molecular flexibility index (Phi) is 5.38. The number of benzene rings is 1. The van der Waals surface area contributed by atoms with Crippen molar-refractivity contribution in [2.24, 2.45) is 12.8 Å². The molecule has 0 aliphatic carbocycles. The van der Waals surface area contributed by atoms with Gasteiger partial charge in [0.25, 0.3) is 0 Å². The van der Waals surface area contributed by atoms with Crippen molar-refractivity contribution in [2.45, 2.75) is 26.7 Å². The summed E-state index contributed by atoms with van der Waals surface area (Å²) < 4.78 is 2.19. The molecule has 0 bridgehead atoms. The lowest BCUT2D eigenvalue weighted by molar-refractivity contribution is 0.256. The lowest BCUT2D eigenvalue weighted by atomic mass is 9.99. The topological polar surface area (TPSA) is 64.2 Å². The van der Waals surface area contributed by atoms with Crippen LogP contribution in [0.3, 0.4) is 0 Å². The van der Waals surface area contributed by atoms with E-state index in [0.717, 1.165) is 16.6 Å². The Hall–Kier alpha value is -2.53. The van der Waals surface area contributed by atoms with Crippen LogP contribution in [0.2, 0.25) is 0 Å². The molecule has 0 fully saturated rings. The van der Waals surface area contributed by atoms with Crippen molar-refractivity contribution in [1.29, 1.82) is 0 Å². The Morgan fingerprint density at radius 1 is 1.24 bits per heavy atom. The average Bonchev–Trinajstić information content (AvgIpc) is 2.79. The van der Waals surface area contributed by atoms with Crippen LogP contribution in [-0.4, -0.2) is 15.6 Å². The Bertz CT molecular complexity index is 903. The number of anilines is 2. The maximum Gasteiger partial charge on any atom is 0.323 e. The second kappa shape index (κ2) is 7.15. The third-order valence-corrected chi connectivity index (χ3v) is 4.48. The number of halogens is 1. The van der Waals surface area contributed by atoms with Gasteiger partial charge >= 0.3 is 6.03 Å². The molecule has 2 N–H and O–H groups in total. The van der Waals surface area contributed by atoms with Crippen LogP contribution >= 0.6 is 12.4 Å². The number of urea groups is 1. The molecule has 2 amide bonds. The van der Waals surface area contributed by atoms with Crippen LogP contribution in [0.4, 0.5) is 16.2 Å². The van der Waals surface area contributed by atoms with Crippen LogP contribution in [-0.2, 0) is 7.05 Å². The molecular weight excluding hydrogens is 336 g/mol. The van der Waals surface area contributed by atoms with Gasteiger partial charge in [0, 0.05) is 29.8 Å². The zero-order valence-electron chi connectivity index (χ0n) is 14.9. The number of aromatic nitrogens is 2. The van der Waals surface area contributed by atoms with Crippen LogP contribution in [0.25, 0.3) is 10.9 Å². The standard InChI is InChI=1S/C19H22N4O.ClH/c1-12(2)18-13(3)22(4)17-8-7-14(10-16(17)18)23(19(20)24)15-6-5-9-21-11-15;/h5-12H,1-4H3,(H2,20,24);1H. The number of nitrogens with zero attached hydrogens (tertiary/aromatic N) is 3. The molecule has 6 heteroatoms. The number of fused-ring (bicyclic) bond motifs is 1. The third kappa shape index (κ3) is 3.20. The van der Waals surface area contributed by atoms with Gasteiger partial charge in [-0.1, -0.05) is 13.8 Å². The highest BCUT2D eigenvalue weighted by Crippen LogP contribution is 2.35. The van der Waals surface area contributed by atoms with Gasteiger partial charge in [0.05, 0.1) is 17.6 Å². The van der Waals surface area contributed by atoms with Crippen molar-refractivity contribution in [3.8, 4) is 0 Å². The highest BCUT2D eigenvalue weighted by Gasteiger charge is 2.19. The summed E-state index contributed by atoms with van der Waals surface area (Å²) in [7, 11) is 2.07. The predicted octanol–water partition coefficient (Wildman–Crippen LogP) is 4.64. The van der Waals surface area contributed by atoms with Crippen LogP contribution in [0, 0.1) is 6.92 Å². The van der Waals surface area contributed by atoms with Crippen molar-refractivity contribution >= 4 is 40.7 Å². The van der Waals surface area contributed by atoms with E-state index >= 15 is 0 Å². The number of hydrogen-bond acceptors (Lipinski definition) is 2. The van der Waals surface area contributed by atoms with Crippen LogP contribution in [0.1, 0.15) is 31.0 Å². The number of primary amides is 1. The van der Waals surface area contributed by atoms with Crippen LogP contribution < -0.4 is 10.6 Å². The van der Waals surface area contributed by atoms with E-state index in [0.29, 0.717) is 11.6 Å². The van der Waals surface area contributed by atoms with Crippen LogP contribution in [0.15, 0.2) is 42.7 Å². The van der Waals surface area contributed by atoms with E-state index in [-0.39, 0.29) is 12.4 Å². The summed E-state index contributed by atoms with van der Waals surface area (Å²) in [5.41, 5.74) is 10.7. The summed E-state index contributed by atoms with van der Waals surface area (Å²) in [5.74, 6) is 0.393. The van der Waals surface area contributed by atoms with Gasteiger partial charge in [-0.2, -0.15) is 0 Å². The van der Waals surface area contributed by atoms with Crippen LogP contribution in [0.5, 0.6) is 0 Å². The van der Waals surface area contributed by atoms with E-state index in [4.69, 9.17) is 5.73 Å². The molecule has 0 aliphatic rings. The zero-order valence-corrected chi connectivity index (χ0v) is 15.7. The number of rotatable bonds is 3. The first-order chi connectivity index (χ1) is 11.4. The van der Waals surface area contributed by atoms with E-state index in [1.54, 1.807) is 18.5 Å². The number of aryl methyl sites for hydroxylation is 1. The van der Waals surface area contributed by atoms with Crippen molar-refractivity contribution in [3.63, 3.8) is 0 Å². The van der Waals surface area contributed by atoms with Gasteiger partial charge in [-0.05, 0) is 48.7 Å². The molecular formula is C19H23ClN4O. The first-order valence-corrected chi connectivity index (χ1v) is 8.00. The summed E-state index contributed by atoms with van der Waals surface area (Å²) in [6.45, 7) is 6.49. The van der Waals surface area contributed by atoms with Gasteiger partial charge in [0.15, 0.2) is 0 Å². The number of amides is 2. The summed E-state index contributed by atoms with van der Waals surface area (Å²) in [6.07, 6.45) is 3.30. The molecule has 0 saturated carbocycles. The number of hydrogen-bond donors (Lipinski definition) is 1. The predicted molar refractivity (Wildman–Crippen MR) is 105 cm³/mol. The maximum absolute atomic E-state index is 12.0. The normalized spacial score (nSPS) is 10.8. The Morgan fingerprint density at radius 2 is 1.96 bits per heavy atom. The number of nitrogens with two attached hydrogens (primary N) is 1. The fourth-order valence-electron chi connectivity index (χ4n) is 3.35. The highest BCUT2D eigenvalue weighted by atomic mass is 35.5. The highest BCUT2D eigenvalue weighted by molar-refractivity contribution is 6.01. The molecule has 3 rings (SSSR count). The first-order valence-electron chi connectivity index (χ1n) is 8.00. The van der Waals surface area contributed by atoms with Gasteiger partial charge in [0.2, 0.25) is 0 Å². The lowest BCUT2D eigenvalue weighted by Gasteiger charge is -2.20. The molecule has 0 aliphatic heterocycles. The summed E-state index contributed by atoms with van der Waals surface area (Å²) in [4.78, 5) is 17.6. The van der Waals surface area contributed by atoms with Gasteiger partial charge in [0.1, 0.15) is 0 Å². The molecule has 1 aromatic carbocycles. The molecule has 3 aromatic rings. The van der Waals surface area contributed by atoms with Crippen molar-refractivity contribution in [3.05, 3.63) is 54.0 Å². The van der Waals surface area contributed by atoms with E-state index in [2.05, 4.69) is 37.4 Å². The third-order valence-electron chi connectivity index (χ3n) is 4.48. The smallest absolute Gasteiger partial charge is 0.323 e. The Labute approximate surface area is 153 Å². The first kappa shape index (κ1) is 18.8. The number of carbonyl (C=O) groups excluding carboxylic acids is 1. The molecule has 0 saturated heterocycles. The van der Waals surface area contributed by atoms with E-state index in [1.165, 1.54) is 16.2 Å². The second-order valence-electron chi connectivity index (χ2n) is 6.30. The number of pyridine rings is 1. The molecule has 0 atom stereocenters. The van der Waals surface area contributed by atoms with Gasteiger partial charge in [-0.15, -0.1) is 12.4 Å². The fraction of sp³-hybridized carbons (Fsp3) is 0.263. The largest absolute Gasteiger partial charge is 0.351 e. The van der Waals surface area contributed by atoms with Gasteiger partial charge < -0.3 is 10.3 Å². The molecule has 2 heterocycles. The van der Waals surface area contributed by atoms with Gasteiger partial charge in [-0.25, -0.2) is 4.79 Å². The van der Waals surface area contributed by atoms with E-state index in [1.807, 2.05) is 24.3 Å². The zero-order chi connectivity index (χ0) is 17.4. The molecule has 0 spiro atoms.